The van der Waals surface area contributed by atoms with E-state index in [4.69, 9.17) is 0 Å². The summed E-state index contributed by atoms with van der Waals surface area (Å²) in [5, 5.41) is 14.1. The molecule has 2 N–H and O–H groups in total. The van der Waals surface area contributed by atoms with Gasteiger partial charge >= 0.3 is 0 Å². The van der Waals surface area contributed by atoms with Gasteiger partial charge < -0.3 is 15.5 Å². The summed E-state index contributed by atoms with van der Waals surface area (Å²) in [7, 11) is 5.57. The van der Waals surface area contributed by atoms with Crippen LogP contribution >= 0.6 is 0 Å². The monoisotopic (exact) mass is 245 g/mol. The van der Waals surface area contributed by atoms with Gasteiger partial charge in [-0.15, -0.1) is 10.2 Å². The fraction of sp³-hybridized carbons (Fsp3) is 0.231. The Labute approximate surface area is 108 Å². The summed E-state index contributed by atoms with van der Waals surface area (Å²) in [6.45, 7) is 3.83. The van der Waals surface area contributed by atoms with E-state index >= 15 is 0 Å². The molecule has 0 aliphatic rings. The van der Waals surface area contributed by atoms with Gasteiger partial charge in [0.15, 0.2) is 0 Å². The van der Waals surface area contributed by atoms with Gasteiger partial charge in [0, 0.05) is 39.2 Å². The molecule has 5 nitrogen and oxygen atoms in total. The summed E-state index contributed by atoms with van der Waals surface area (Å²) >= 11 is 0. The summed E-state index contributed by atoms with van der Waals surface area (Å²) in [4.78, 5) is 1.78. The average Bonchev–Trinajstić information content (AvgIpc) is 2.42. The number of rotatable bonds is 6. The highest BCUT2D eigenvalue weighted by Crippen LogP contribution is 2.17. The van der Waals surface area contributed by atoms with Gasteiger partial charge in [-0.05, 0) is 24.3 Å². The van der Waals surface area contributed by atoms with Crippen molar-refractivity contribution in [2.45, 2.75) is 0 Å². The molecule has 0 bridgehead atoms. The fourth-order valence-electron chi connectivity index (χ4n) is 1.15. The average molecular weight is 245 g/mol. The summed E-state index contributed by atoms with van der Waals surface area (Å²) < 4.78 is 0. The first kappa shape index (κ1) is 13.8. The molecule has 0 heterocycles. The molecule has 1 aromatic carbocycles. The summed E-state index contributed by atoms with van der Waals surface area (Å²) in [5.41, 5.74) is 1.84. The van der Waals surface area contributed by atoms with Crippen LogP contribution in [-0.2, 0) is 0 Å². The Balaban J connectivity index is 2.62. The molecule has 0 saturated heterocycles. The molecule has 0 aliphatic carbocycles. The molecule has 96 valence electrons. The Morgan fingerprint density at radius 1 is 1.28 bits per heavy atom. The van der Waals surface area contributed by atoms with Crippen LogP contribution < -0.4 is 10.6 Å². The van der Waals surface area contributed by atoms with Crippen LogP contribution in [0.25, 0.3) is 0 Å². The van der Waals surface area contributed by atoms with Crippen molar-refractivity contribution >= 4 is 11.4 Å². The first-order valence-corrected chi connectivity index (χ1v) is 5.62. The number of nitrogens with zero attached hydrogens (tertiary/aromatic N) is 3. The van der Waals surface area contributed by atoms with E-state index in [1.165, 1.54) is 0 Å². The molecule has 0 aliphatic heterocycles. The molecule has 0 fully saturated rings. The maximum Gasteiger partial charge on any atom is 0.147 e. The largest absolute Gasteiger partial charge is 0.393 e. The molecule has 0 radical (unpaired) electrons. The van der Waals surface area contributed by atoms with E-state index in [9.17, 15) is 0 Å². The molecule has 0 atom stereocenters. The molecule has 5 heteroatoms. The van der Waals surface area contributed by atoms with Gasteiger partial charge in [0.05, 0.1) is 5.69 Å². The number of benzene rings is 1. The van der Waals surface area contributed by atoms with E-state index in [0.29, 0.717) is 5.82 Å². The second-order valence-electron chi connectivity index (χ2n) is 3.63. The van der Waals surface area contributed by atoms with Gasteiger partial charge in [-0.2, -0.15) is 0 Å². The number of anilines is 1. The Hall–Kier alpha value is -2.30. The molecule has 0 unspecified atom stereocenters. The predicted molar refractivity (Wildman–Crippen MR) is 75.6 cm³/mol. The minimum Gasteiger partial charge on any atom is -0.393 e. The van der Waals surface area contributed by atoms with Crippen LogP contribution in [0.3, 0.4) is 0 Å². The Morgan fingerprint density at radius 2 is 1.94 bits per heavy atom. The van der Waals surface area contributed by atoms with Crippen LogP contribution in [0.15, 0.2) is 59.3 Å². The van der Waals surface area contributed by atoms with Gasteiger partial charge in [0.2, 0.25) is 0 Å². The van der Waals surface area contributed by atoms with E-state index in [-0.39, 0.29) is 0 Å². The standard InChI is InChI=1S/C13H19N5/c1-11(18(4)10-9-14-2)16-17-13-7-5-12(15-3)6-8-13/h5-10,14-15H,1H2,2-4H3. The zero-order chi connectivity index (χ0) is 13.4. The van der Waals surface area contributed by atoms with Gasteiger partial charge in [0.25, 0.3) is 0 Å². The highest BCUT2D eigenvalue weighted by atomic mass is 15.3. The molecular formula is C13H19N5. The highest BCUT2D eigenvalue weighted by molar-refractivity contribution is 5.50. The van der Waals surface area contributed by atoms with Gasteiger partial charge in [0.1, 0.15) is 5.82 Å². The number of azo groups is 1. The number of nitrogens with one attached hydrogen (secondary N) is 2. The van der Waals surface area contributed by atoms with E-state index in [1.54, 1.807) is 11.1 Å². The van der Waals surface area contributed by atoms with Crippen molar-refractivity contribution in [3.8, 4) is 0 Å². The zero-order valence-corrected chi connectivity index (χ0v) is 11.0. The minimum atomic E-state index is 0.569. The summed E-state index contributed by atoms with van der Waals surface area (Å²) in [6.07, 6.45) is 3.62. The lowest BCUT2D eigenvalue weighted by atomic mass is 10.3. The second kappa shape index (κ2) is 7.11. The lowest BCUT2D eigenvalue weighted by molar-refractivity contribution is 0.553. The molecule has 0 spiro atoms. The maximum absolute atomic E-state index is 4.11. The molecule has 1 rings (SSSR count). The van der Waals surface area contributed by atoms with Gasteiger partial charge in [-0.1, -0.05) is 6.58 Å². The number of hydrogen-bond donors (Lipinski definition) is 2. The Bertz CT molecular complexity index is 433. The van der Waals surface area contributed by atoms with Crippen molar-refractivity contribution in [2.75, 3.05) is 26.5 Å². The maximum atomic E-state index is 4.11. The highest BCUT2D eigenvalue weighted by Gasteiger charge is 1.96. The Morgan fingerprint density at radius 3 is 2.50 bits per heavy atom. The third kappa shape index (κ3) is 4.29. The van der Waals surface area contributed by atoms with E-state index < -0.39 is 0 Å². The number of hydrogen-bond acceptors (Lipinski definition) is 5. The SMILES string of the molecule is C=C(N=Nc1ccc(NC)cc1)N(C)C=CNC. The summed E-state index contributed by atoms with van der Waals surface area (Å²) in [5.74, 6) is 0.569. The third-order valence-corrected chi connectivity index (χ3v) is 2.31. The van der Waals surface area contributed by atoms with Crippen molar-refractivity contribution in [1.82, 2.24) is 10.2 Å². The molecule has 18 heavy (non-hydrogen) atoms. The lowest BCUT2D eigenvalue weighted by Crippen LogP contribution is -2.08. The Kier molecular flexibility index (Phi) is 5.44. The lowest BCUT2D eigenvalue weighted by Gasteiger charge is -2.11. The smallest absolute Gasteiger partial charge is 0.147 e. The molecule has 0 amide bonds. The molecule has 0 aromatic heterocycles. The normalized spacial score (nSPS) is 10.8. The van der Waals surface area contributed by atoms with Crippen molar-refractivity contribution < 1.29 is 0 Å². The van der Waals surface area contributed by atoms with Gasteiger partial charge in [-0.25, -0.2) is 0 Å². The van der Waals surface area contributed by atoms with Crippen LogP contribution in [0.4, 0.5) is 11.4 Å². The molecule has 1 aromatic rings. The van der Waals surface area contributed by atoms with E-state index in [0.717, 1.165) is 11.4 Å². The van der Waals surface area contributed by atoms with Crippen LogP contribution in [0.1, 0.15) is 0 Å². The third-order valence-electron chi connectivity index (χ3n) is 2.31. The topological polar surface area (TPSA) is 52.0 Å². The predicted octanol–water partition coefficient (Wildman–Crippen LogP) is 2.91. The second-order valence-corrected chi connectivity index (χ2v) is 3.63. The zero-order valence-electron chi connectivity index (χ0n) is 11.0. The first-order valence-electron chi connectivity index (χ1n) is 5.62. The minimum absolute atomic E-state index is 0.569. The summed E-state index contributed by atoms with van der Waals surface area (Å²) in [6, 6.07) is 7.68. The van der Waals surface area contributed by atoms with Crippen LogP contribution in [-0.4, -0.2) is 26.0 Å². The van der Waals surface area contributed by atoms with Crippen molar-refractivity contribution in [3.63, 3.8) is 0 Å². The van der Waals surface area contributed by atoms with E-state index in [2.05, 4.69) is 27.4 Å². The molecule has 0 saturated carbocycles. The van der Waals surface area contributed by atoms with Crippen molar-refractivity contribution in [2.24, 2.45) is 10.2 Å². The first-order chi connectivity index (χ1) is 8.67. The van der Waals surface area contributed by atoms with Crippen LogP contribution in [0.5, 0.6) is 0 Å². The fourth-order valence-corrected chi connectivity index (χ4v) is 1.15. The van der Waals surface area contributed by atoms with Crippen molar-refractivity contribution in [3.05, 3.63) is 49.1 Å². The van der Waals surface area contributed by atoms with Crippen molar-refractivity contribution in [1.29, 1.82) is 0 Å². The van der Waals surface area contributed by atoms with Crippen LogP contribution in [0, 0.1) is 0 Å². The van der Waals surface area contributed by atoms with Crippen LogP contribution in [0.2, 0.25) is 0 Å². The van der Waals surface area contributed by atoms with Gasteiger partial charge in [-0.3, -0.25) is 0 Å². The molecular weight excluding hydrogens is 226 g/mol. The van der Waals surface area contributed by atoms with E-state index in [1.807, 2.05) is 51.6 Å². The quantitative estimate of drug-likeness (QED) is 0.758.